The standard InChI is InChI=1S/C23H22N4O4S/c1-31-16-9-5-8-15(12-16)24-21(29)17-13-18(28)25-20-19(17)22(30)27-23(26-20)32-11-10-14-6-3-2-4-7-14/h2-9,12,17H,10-11,13H2,1H3,(H,24,29)(H2,25,26,27,28,30). The molecule has 0 radical (unpaired) electrons. The molecule has 3 N–H and O–H groups in total. The van der Waals surface area contributed by atoms with Crippen molar-refractivity contribution in [3.8, 4) is 5.75 Å². The highest BCUT2D eigenvalue weighted by molar-refractivity contribution is 7.99. The second kappa shape index (κ2) is 9.69. The van der Waals surface area contributed by atoms with E-state index in [1.54, 1.807) is 24.3 Å². The summed E-state index contributed by atoms with van der Waals surface area (Å²) in [6, 6.07) is 16.9. The molecule has 3 aromatic rings. The van der Waals surface area contributed by atoms with E-state index in [9.17, 15) is 14.4 Å². The predicted molar refractivity (Wildman–Crippen MR) is 123 cm³/mol. The van der Waals surface area contributed by atoms with Crippen molar-refractivity contribution >= 4 is 35.1 Å². The Kier molecular flexibility index (Phi) is 6.55. The van der Waals surface area contributed by atoms with Crippen LogP contribution in [0.5, 0.6) is 5.75 Å². The summed E-state index contributed by atoms with van der Waals surface area (Å²) in [5.41, 5.74) is 1.43. The van der Waals surface area contributed by atoms with Crippen LogP contribution in [0.2, 0.25) is 0 Å². The number of carbonyl (C=O) groups is 2. The quantitative estimate of drug-likeness (QED) is 0.376. The van der Waals surface area contributed by atoms with Gasteiger partial charge in [-0.1, -0.05) is 48.2 Å². The highest BCUT2D eigenvalue weighted by atomic mass is 32.2. The number of methoxy groups -OCH3 is 1. The van der Waals surface area contributed by atoms with Crippen molar-refractivity contribution in [1.29, 1.82) is 0 Å². The van der Waals surface area contributed by atoms with Gasteiger partial charge in [0.25, 0.3) is 5.56 Å². The van der Waals surface area contributed by atoms with E-state index in [0.717, 1.165) is 6.42 Å². The second-order valence-corrected chi connectivity index (χ2v) is 8.33. The van der Waals surface area contributed by atoms with Gasteiger partial charge in [-0.15, -0.1) is 0 Å². The Labute approximate surface area is 188 Å². The lowest BCUT2D eigenvalue weighted by atomic mass is 9.92. The molecule has 0 spiro atoms. The van der Waals surface area contributed by atoms with Gasteiger partial charge < -0.3 is 20.4 Å². The molecule has 1 aromatic heterocycles. The predicted octanol–water partition coefficient (Wildman–Crippen LogP) is 3.18. The topological polar surface area (TPSA) is 113 Å². The number of nitrogens with zero attached hydrogens (tertiary/aromatic N) is 1. The number of benzene rings is 2. The molecule has 0 bridgehead atoms. The van der Waals surface area contributed by atoms with Crippen LogP contribution in [-0.4, -0.2) is 34.6 Å². The lowest BCUT2D eigenvalue weighted by Crippen LogP contribution is -2.36. The van der Waals surface area contributed by atoms with Gasteiger partial charge in [0.1, 0.15) is 11.6 Å². The van der Waals surface area contributed by atoms with Crippen molar-refractivity contribution in [3.63, 3.8) is 0 Å². The summed E-state index contributed by atoms with van der Waals surface area (Å²) in [5, 5.41) is 5.79. The normalized spacial score (nSPS) is 14.9. The molecule has 1 aliphatic heterocycles. The number of hydrogen-bond acceptors (Lipinski definition) is 6. The summed E-state index contributed by atoms with van der Waals surface area (Å²) >= 11 is 1.39. The summed E-state index contributed by atoms with van der Waals surface area (Å²) in [7, 11) is 1.53. The summed E-state index contributed by atoms with van der Waals surface area (Å²) in [5.74, 6) is -0.323. The zero-order valence-electron chi connectivity index (χ0n) is 17.4. The Bertz CT molecular complexity index is 1200. The first-order chi connectivity index (χ1) is 15.5. The number of aromatic nitrogens is 2. The molecule has 8 nitrogen and oxygen atoms in total. The van der Waals surface area contributed by atoms with Crippen molar-refractivity contribution < 1.29 is 14.3 Å². The molecule has 0 saturated carbocycles. The Balaban J connectivity index is 1.52. The number of anilines is 2. The maximum atomic E-state index is 12.9. The minimum atomic E-state index is -0.940. The van der Waals surface area contributed by atoms with Gasteiger partial charge in [-0.05, 0) is 24.1 Å². The number of aromatic amines is 1. The first-order valence-electron chi connectivity index (χ1n) is 10.1. The van der Waals surface area contributed by atoms with Gasteiger partial charge in [0.15, 0.2) is 5.16 Å². The van der Waals surface area contributed by atoms with Crippen molar-refractivity contribution in [2.45, 2.75) is 23.9 Å². The van der Waals surface area contributed by atoms with Crippen LogP contribution < -0.4 is 20.9 Å². The van der Waals surface area contributed by atoms with Gasteiger partial charge in [0, 0.05) is 23.9 Å². The Morgan fingerprint density at radius 1 is 1.19 bits per heavy atom. The molecular formula is C23H22N4O4S. The van der Waals surface area contributed by atoms with Crippen LogP contribution in [0.1, 0.15) is 23.5 Å². The van der Waals surface area contributed by atoms with E-state index in [-0.39, 0.29) is 23.7 Å². The van der Waals surface area contributed by atoms with Crippen LogP contribution in [-0.2, 0) is 16.0 Å². The molecule has 2 amide bonds. The van der Waals surface area contributed by atoms with Gasteiger partial charge >= 0.3 is 0 Å². The summed E-state index contributed by atoms with van der Waals surface area (Å²) in [6.07, 6.45) is 0.679. The van der Waals surface area contributed by atoms with E-state index in [2.05, 4.69) is 20.6 Å². The first kappa shape index (κ1) is 21.6. The van der Waals surface area contributed by atoms with Crippen LogP contribution in [0.15, 0.2) is 64.5 Å². The lowest BCUT2D eigenvalue weighted by molar-refractivity contribution is -0.123. The molecule has 164 valence electrons. The Hall–Kier alpha value is -3.59. The van der Waals surface area contributed by atoms with E-state index >= 15 is 0 Å². The summed E-state index contributed by atoms with van der Waals surface area (Å²) in [6.45, 7) is 0. The zero-order valence-corrected chi connectivity index (χ0v) is 18.2. The van der Waals surface area contributed by atoms with Crippen molar-refractivity contribution in [3.05, 3.63) is 76.1 Å². The van der Waals surface area contributed by atoms with E-state index in [0.29, 0.717) is 22.3 Å². The third-order valence-electron chi connectivity index (χ3n) is 5.06. The Morgan fingerprint density at radius 3 is 2.78 bits per heavy atom. The molecule has 0 saturated heterocycles. The molecule has 32 heavy (non-hydrogen) atoms. The third kappa shape index (κ3) is 5.00. The lowest BCUT2D eigenvalue weighted by Gasteiger charge is -2.23. The number of hydrogen-bond donors (Lipinski definition) is 3. The van der Waals surface area contributed by atoms with Crippen LogP contribution in [0.4, 0.5) is 11.5 Å². The van der Waals surface area contributed by atoms with Crippen LogP contribution in [0, 0.1) is 0 Å². The van der Waals surface area contributed by atoms with Gasteiger partial charge in [-0.3, -0.25) is 14.4 Å². The number of fused-ring (bicyclic) bond motifs is 1. The maximum Gasteiger partial charge on any atom is 0.257 e. The number of ether oxygens (including phenoxy) is 1. The molecule has 1 atom stereocenters. The number of amides is 2. The van der Waals surface area contributed by atoms with Gasteiger partial charge in [0.2, 0.25) is 11.8 Å². The fraction of sp³-hybridized carbons (Fsp3) is 0.217. The number of carbonyl (C=O) groups excluding carboxylic acids is 2. The molecule has 0 aliphatic carbocycles. The number of H-pyrrole nitrogens is 1. The number of nitrogens with one attached hydrogen (secondary N) is 3. The van der Waals surface area contributed by atoms with E-state index in [4.69, 9.17) is 4.74 Å². The minimum Gasteiger partial charge on any atom is -0.497 e. The van der Waals surface area contributed by atoms with Crippen molar-refractivity contribution in [1.82, 2.24) is 9.97 Å². The van der Waals surface area contributed by atoms with Gasteiger partial charge in [-0.25, -0.2) is 4.98 Å². The molecule has 9 heteroatoms. The van der Waals surface area contributed by atoms with Crippen LogP contribution >= 0.6 is 11.8 Å². The third-order valence-corrected chi connectivity index (χ3v) is 5.93. The maximum absolute atomic E-state index is 12.9. The number of aryl methyl sites for hydroxylation is 1. The Morgan fingerprint density at radius 2 is 2.00 bits per heavy atom. The van der Waals surface area contributed by atoms with Crippen molar-refractivity contribution in [2.24, 2.45) is 0 Å². The molecule has 0 fully saturated rings. The smallest absolute Gasteiger partial charge is 0.257 e. The van der Waals surface area contributed by atoms with E-state index < -0.39 is 17.4 Å². The van der Waals surface area contributed by atoms with Gasteiger partial charge in [0.05, 0.1) is 18.6 Å². The fourth-order valence-corrected chi connectivity index (χ4v) is 4.34. The largest absolute Gasteiger partial charge is 0.497 e. The SMILES string of the molecule is COc1cccc(NC(=O)C2CC(=O)Nc3nc(SCCc4ccccc4)[nH]c(=O)c32)c1. The minimum absolute atomic E-state index is 0.131. The number of thioether (sulfide) groups is 1. The average molecular weight is 451 g/mol. The summed E-state index contributed by atoms with van der Waals surface area (Å²) < 4.78 is 5.17. The molecule has 1 unspecified atom stereocenters. The fourth-order valence-electron chi connectivity index (χ4n) is 3.48. The molecular weight excluding hydrogens is 428 g/mol. The monoisotopic (exact) mass is 450 g/mol. The first-order valence-corrected chi connectivity index (χ1v) is 11.1. The van der Waals surface area contributed by atoms with E-state index in [1.807, 2.05) is 30.3 Å². The molecule has 1 aliphatic rings. The summed E-state index contributed by atoms with van der Waals surface area (Å²) in [4.78, 5) is 45.1. The zero-order chi connectivity index (χ0) is 22.5. The van der Waals surface area contributed by atoms with Gasteiger partial charge in [-0.2, -0.15) is 0 Å². The highest BCUT2D eigenvalue weighted by Crippen LogP contribution is 2.30. The molecule has 2 heterocycles. The highest BCUT2D eigenvalue weighted by Gasteiger charge is 2.34. The average Bonchev–Trinajstić information content (AvgIpc) is 2.79. The van der Waals surface area contributed by atoms with Crippen LogP contribution in [0.25, 0.3) is 0 Å². The molecule has 4 rings (SSSR count). The second-order valence-electron chi connectivity index (χ2n) is 7.24. The molecule has 2 aromatic carbocycles. The van der Waals surface area contributed by atoms with Crippen LogP contribution in [0.3, 0.4) is 0 Å². The van der Waals surface area contributed by atoms with E-state index in [1.165, 1.54) is 24.4 Å². The van der Waals surface area contributed by atoms with Crippen molar-refractivity contribution in [2.75, 3.05) is 23.5 Å². The number of rotatable bonds is 7.